The number of rotatable bonds is 5. The SMILES string of the molecule is COCC(=O)C[C@H](N)C(=O)O. The summed E-state index contributed by atoms with van der Waals surface area (Å²) in [7, 11) is 1.37. The fourth-order valence-electron chi connectivity index (χ4n) is 0.553. The van der Waals surface area contributed by atoms with E-state index in [-0.39, 0.29) is 18.8 Å². The third-order valence-electron chi connectivity index (χ3n) is 1.07. The molecule has 0 saturated carbocycles. The minimum Gasteiger partial charge on any atom is -0.480 e. The third-order valence-corrected chi connectivity index (χ3v) is 1.07. The number of methoxy groups -OCH3 is 1. The minimum atomic E-state index is -1.17. The molecule has 0 radical (unpaired) electrons. The topological polar surface area (TPSA) is 89.6 Å². The molecule has 0 bridgehead atoms. The van der Waals surface area contributed by atoms with Crippen molar-refractivity contribution in [2.75, 3.05) is 13.7 Å². The van der Waals surface area contributed by atoms with E-state index in [2.05, 4.69) is 4.74 Å². The Balaban J connectivity index is 3.66. The summed E-state index contributed by atoms with van der Waals surface area (Å²) in [6.45, 7) is -0.0824. The van der Waals surface area contributed by atoms with Crippen LogP contribution in [0.1, 0.15) is 6.42 Å². The molecule has 0 heterocycles. The first-order chi connectivity index (χ1) is 5.07. The molecule has 0 unspecified atom stereocenters. The fraction of sp³-hybridized carbons (Fsp3) is 0.667. The summed E-state index contributed by atoms with van der Waals surface area (Å²) in [6, 6.07) is -1.11. The van der Waals surface area contributed by atoms with E-state index < -0.39 is 12.0 Å². The lowest BCUT2D eigenvalue weighted by atomic mass is 10.1. The molecule has 0 aromatic rings. The lowest BCUT2D eigenvalue weighted by Crippen LogP contribution is -2.33. The second-order valence-corrected chi connectivity index (χ2v) is 2.12. The largest absolute Gasteiger partial charge is 0.480 e. The summed E-state index contributed by atoms with van der Waals surface area (Å²) >= 11 is 0. The predicted octanol–water partition coefficient (Wildman–Crippen LogP) is -0.996. The van der Waals surface area contributed by atoms with Gasteiger partial charge < -0.3 is 15.6 Å². The van der Waals surface area contributed by atoms with Gasteiger partial charge in [0.05, 0.1) is 0 Å². The number of hydrogen-bond donors (Lipinski definition) is 2. The van der Waals surface area contributed by atoms with Gasteiger partial charge in [0.1, 0.15) is 12.6 Å². The number of carboxylic acid groups (broad SMARTS) is 1. The molecular formula is C6H11NO4. The molecule has 3 N–H and O–H groups in total. The lowest BCUT2D eigenvalue weighted by molar-refractivity contribution is -0.140. The number of hydrogen-bond acceptors (Lipinski definition) is 4. The molecular weight excluding hydrogens is 150 g/mol. The molecule has 0 rings (SSSR count). The molecule has 1 atom stereocenters. The second-order valence-electron chi connectivity index (χ2n) is 2.12. The van der Waals surface area contributed by atoms with Gasteiger partial charge in [-0.3, -0.25) is 9.59 Å². The highest BCUT2D eigenvalue weighted by molar-refractivity contribution is 5.86. The first kappa shape index (κ1) is 10.1. The number of ketones is 1. The van der Waals surface area contributed by atoms with Gasteiger partial charge in [0.25, 0.3) is 0 Å². The Morgan fingerprint density at radius 1 is 1.64 bits per heavy atom. The maximum Gasteiger partial charge on any atom is 0.320 e. The van der Waals surface area contributed by atoms with Gasteiger partial charge in [-0.2, -0.15) is 0 Å². The van der Waals surface area contributed by atoms with Crippen LogP contribution >= 0.6 is 0 Å². The summed E-state index contributed by atoms with van der Waals surface area (Å²) in [5.41, 5.74) is 5.07. The summed E-state index contributed by atoms with van der Waals surface area (Å²) < 4.78 is 4.49. The van der Waals surface area contributed by atoms with Crippen molar-refractivity contribution in [3.63, 3.8) is 0 Å². The highest BCUT2D eigenvalue weighted by Crippen LogP contribution is 1.90. The molecule has 0 fully saturated rings. The van der Waals surface area contributed by atoms with Crippen LogP contribution in [0.15, 0.2) is 0 Å². The highest BCUT2D eigenvalue weighted by atomic mass is 16.5. The lowest BCUT2D eigenvalue weighted by Gasteiger charge is -2.03. The quantitative estimate of drug-likeness (QED) is 0.540. The van der Waals surface area contributed by atoms with E-state index in [0.29, 0.717) is 0 Å². The van der Waals surface area contributed by atoms with Crippen LogP contribution in [0.3, 0.4) is 0 Å². The van der Waals surface area contributed by atoms with E-state index in [9.17, 15) is 9.59 Å². The Morgan fingerprint density at radius 2 is 2.18 bits per heavy atom. The van der Waals surface area contributed by atoms with Crippen molar-refractivity contribution in [3.8, 4) is 0 Å². The number of ether oxygens (including phenoxy) is 1. The van der Waals surface area contributed by atoms with Crippen LogP contribution in [0.25, 0.3) is 0 Å². The van der Waals surface area contributed by atoms with E-state index in [1.807, 2.05) is 0 Å². The maximum absolute atomic E-state index is 10.7. The van der Waals surface area contributed by atoms with Crippen LogP contribution in [0.2, 0.25) is 0 Å². The van der Waals surface area contributed by atoms with Gasteiger partial charge in [0.15, 0.2) is 5.78 Å². The zero-order valence-corrected chi connectivity index (χ0v) is 6.24. The Hall–Kier alpha value is -0.940. The first-order valence-corrected chi connectivity index (χ1v) is 3.07. The average Bonchev–Trinajstić information content (AvgIpc) is 1.87. The normalized spacial score (nSPS) is 12.5. The number of nitrogens with two attached hydrogens (primary N) is 1. The molecule has 0 saturated heterocycles. The molecule has 0 spiro atoms. The number of carbonyl (C=O) groups is 2. The van der Waals surface area contributed by atoms with Gasteiger partial charge in [-0.25, -0.2) is 0 Å². The Kier molecular flexibility index (Phi) is 4.40. The molecule has 0 aromatic heterocycles. The van der Waals surface area contributed by atoms with Crippen LogP contribution in [0.5, 0.6) is 0 Å². The van der Waals surface area contributed by atoms with E-state index >= 15 is 0 Å². The van der Waals surface area contributed by atoms with Crippen molar-refractivity contribution in [2.45, 2.75) is 12.5 Å². The van der Waals surface area contributed by atoms with Crippen LogP contribution in [0.4, 0.5) is 0 Å². The molecule has 0 aliphatic heterocycles. The summed E-state index contributed by atoms with van der Waals surface area (Å²) in [6.07, 6.45) is -0.177. The van der Waals surface area contributed by atoms with Crippen molar-refractivity contribution in [1.82, 2.24) is 0 Å². The van der Waals surface area contributed by atoms with Crippen LogP contribution in [-0.2, 0) is 14.3 Å². The van der Waals surface area contributed by atoms with Crippen LogP contribution in [0, 0.1) is 0 Å². The molecule has 64 valence electrons. The molecule has 5 nitrogen and oxygen atoms in total. The zero-order chi connectivity index (χ0) is 8.85. The molecule has 5 heteroatoms. The Bertz CT molecular complexity index is 157. The summed E-state index contributed by atoms with van der Waals surface area (Å²) in [5.74, 6) is -1.48. The summed E-state index contributed by atoms with van der Waals surface area (Å²) in [5, 5.41) is 8.28. The van der Waals surface area contributed by atoms with E-state index in [1.165, 1.54) is 7.11 Å². The molecule has 0 aromatic carbocycles. The molecule has 0 amide bonds. The van der Waals surface area contributed by atoms with Crippen molar-refractivity contribution in [3.05, 3.63) is 0 Å². The van der Waals surface area contributed by atoms with E-state index in [4.69, 9.17) is 10.8 Å². The minimum absolute atomic E-state index is 0.0824. The van der Waals surface area contributed by atoms with Crippen LogP contribution < -0.4 is 5.73 Å². The maximum atomic E-state index is 10.7. The Morgan fingerprint density at radius 3 is 2.55 bits per heavy atom. The monoisotopic (exact) mass is 161 g/mol. The highest BCUT2D eigenvalue weighted by Gasteiger charge is 2.15. The van der Waals surface area contributed by atoms with Crippen molar-refractivity contribution < 1.29 is 19.4 Å². The van der Waals surface area contributed by atoms with Crippen LogP contribution in [-0.4, -0.2) is 36.6 Å². The third kappa shape index (κ3) is 4.46. The number of carboxylic acids is 1. The van der Waals surface area contributed by atoms with Gasteiger partial charge in [0, 0.05) is 13.5 Å². The van der Waals surface area contributed by atoms with Gasteiger partial charge >= 0.3 is 5.97 Å². The predicted molar refractivity (Wildman–Crippen MR) is 37.1 cm³/mol. The zero-order valence-electron chi connectivity index (χ0n) is 6.24. The smallest absolute Gasteiger partial charge is 0.320 e. The van der Waals surface area contributed by atoms with Crippen molar-refractivity contribution in [2.24, 2.45) is 5.73 Å². The summed E-state index contributed by atoms with van der Waals surface area (Å²) in [4.78, 5) is 20.8. The van der Waals surface area contributed by atoms with E-state index in [1.54, 1.807) is 0 Å². The number of aliphatic carboxylic acids is 1. The average molecular weight is 161 g/mol. The number of Topliss-reactive ketones (excluding diaryl/α,β-unsaturated/α-hetero) is 1. The van der Waals surface area contributed by atoms with Gasteiger partial charge in [-0.05, 0) is 0 Å². The Labute approximate surface area is 64.1 Å². The van der Waals surface area contributed by atoms with Crippen molar-refractivity contribution >= 4 is 11.8 Å². The fourth-order valence-corrected chi connectivity index (χ4v) is 0.553. The molecule has 0 aliphatic carbocycles. The second kappa shape index (κ2) is 4.81. The first-order valence-electron chi connectivity index (χ1n) is 3.07. The van der Waals surface area contributed by atoms with Gasteiger partial charge in [-0.15, -0.1) is 0 Å². The molecule has 0 aliphatic rings. The van der Waals surface area contributed by atoms with Gasteiger partial charge in [0.2, 0.25) is 0 Å². The molecule has 11 heavy (non-hydrogen) atoms. The van der Waals surface area contributed by atoms with E-state index in [0.717, 1.165) is 0 Å². The number of carbonyl (C=O) groups excluding carboxylic acids is 1. The van der Waals surface area contributed by atoms with Gasteiger partial charge in [-0.1, -0.05) is 0 Å². The standard InChI is InChI=1S/C6H11NO4/c1-11-3-4(8)2-5(7)6(9)10/h5H,2-3,7H2,1H3,(H,9,10)/t5-/m0/s1. The van der Waals surface area contributed by atoms with Crippen molar-refractivity contribution in [1.29, 1.82) is 0 Å².